The summed E-state index contributed by atoms with van der Waals surface area (Å²) in [6.07, 6.45) is -1.53. The minimum absolute atomic E-state index is 0.0915. The average Bonchev–Trinajstić information content (AvgIpc) is 2.92. The van der Waals surface area contributed by atoms with E-state index >= 15 is 0 Å². The maximum Gasteiger partial charge on any atom is 0.416 e. The molecule has 2 amide bonds. The molecule has 5 rings (SSSR count). The molecule has 0 aliphatic carbocycles. The molecule has 1 unspecified atom stereocenters. The molecule has 0 saturated carbocycles. The molecule has 2 atom stereocenters. The van der Waals surface area contributed by atoms with Gasteiger partial charge in [0.1, 0.15) is 12.7 Å². The van der Waals surface area contributed by atoms with Crippen molar-refractivity contribution < 1.29 is 32.9 Å². The molecule has 14 heteroatoms. The van der Waals surface area contributed by atoms with Crippen molar-refractivity contribution >= 4 is 35.0 Å². The normalized spacial score (nSPS) is 17.4. The molecule has 2 aliphatic rings. The summed E-state index contributed by atoms with van der Waals surface area (Å²) in [6, 6.07) is 5.59. The van der Waals surface area contributed by atoms with Gasteiger partial charge in [0.25, 0.3) is 0 Å². The zero-order chi connectivity index (χ0) is 27.7. The van der Waals surface area contributed by atoms with Crippen molar-refractivity contribution in [2.24, 2.45) is 0 Å². The van der Waals surface area contributed by atoms with Gasteiger partial charge in [0, 0.05) is 18.7 Å². The first-order valence-corrected chi connectivity index (χ1v) is 12.5. The first-order chi connectivity index (χ1) is 18.6. The maximum absolute atomic E-state index is 13.5. The lowest BCUT2D eigenvalue weighted by atomic mass is 9.99. The smallest absolute Gasteiger partial charge is 0.416 e. The molecule has 2 bridgehead atoms. The van der Waals surface area contributed by atoms with Gasteiger partial charge in [-0.1, -0.05) is 23.7 Å². The van der Waals surface area contributed by atoms with Crippen LogP contribution in [0.5, 0.6) is 5.88 Å². The Kier molecular flexibility index (Phi) is 7.47. The number of carbonyl (C=O) groups is 1. The lowest BCUT2D eigenvalue weighted by molar-refractivity contribution is -0.137. The van der Waals surface area contributed by atoms with Crippen LogP contribution in [0.15, 0.2) is 42.7 Å². The number of anilines is 3. The molecule has 0 spiro atoms. The van der Waals surface area contributed by atoms with Crippen LogP contribution in [0.2, 0.25) is 5.02 Å². The minimum Gasteiger partial charge on any atom is -0.474 e. The summed E-state index contributed by atoms with van der Waals surface area (Å²) in [4.78, 5) is 29.8. The van der Waals surface area contributed by atoms with Gasteiger partial charge in [0.05, 0.1) is 47.0 Å². The number of aliphatic hydroxyl groups is 2. The number of amides is 2. The van der Waals surface area contributed by atoms with Gasteiger partial charge >= 0.3 is 12.2 Å². The topological polar surface area (TPSA) is 124 Å². The third-order valence-corrected chi connectivity index (χ3v) is 6.73. The summed E-state index contributed by atoms with van der Waals surface area (Å²) in [5, 5.41) is 21.1. The summed E-state index contributed by atoms with van der Waals surface area (Å²) in [5.74, 6) is 0.502. The van der Waals surface area contributed by atoms with Crippen LogP contribution in [0.3, 0.4) is 0 Å². The zero-order valence-corrected chi connectivity index (χ0v) is 21.2. The van der Waals surface area contributed by atoms with E-state index in [0.717, 1.165) is 25.1 Å². The molecule has 3 N–H and O–H groups in total. The maximum atomic E-state index is 13.5. The van der Waals surface area contributed by atoms with Gasteiger partial charge in [0.15, 0.2) is 11.6 Å². The molecule has 1 saturated heterocycles. The lowest BCUT2D eigenvalue weighted by Gasteiger charge is -2.46. The Morgan fingerprint density at radius 1 is 1.26 bits per heavy atom. The number of urea groups is 1. The fourth-order valence-electron chi connectivity index (χ4n) is 4.60. The number of nitrogens with one attached hydrogen (secondary N) is 1. The highest BCUT2D eigenvalue weighted by molar-refractivity contribution is 6.33. The Hall–Kier alpha value is -3.68. The number of ether oxygens (including phenoxy) is 1. The van der Waals surface area contributed by atoms with Gasteiger partial charge in [-0.3, -0.25) is 10.2 Å². The minimum atomic E-state index is -4.54. The molecule has 0 radical (unpaired) electrons. The monoisotopic (exact) mass is 564 g/mol. The molecule has 2 aliphatic heterocycles. The molecule has 3 aromatic rings. The second-order valence-electron chi connectivity index (χ2n) is 9.17. The highest BCUT2D eigenvalue weighted by atomic mass is 35.5. The standard InChI is InChI=1S/C25H24ClF3N6O4/c26-18-8-19-23(33-22(18)14-3-1-4-15(7-14)25(27,28)29)35(16-5-2-6-34(19)11-16)24(38)32-20-9-31-21(10-30-20)39-13-17(37)12-36/h1,3-4,7-10,16-17,36-37H,2,5-6,11-13H2,(H,30,32,38)/t16-,17?/m0/s1. The first-order valence-electron chi connectivity index (χ1n) is 12.1. The molecule has 39 heavy (non-hydrogen) atoms. The molecule has 10 nitrogen and oxygen atoms in total. The Morgan fingerprint density at radius 3 is 2.79 bits per heavy atom. The second-order valence-corrected chi connectivity index (χ2v) is 9.58. The average molecular weight is 565 g/mol. The number of aromatic nitrogens is 3. The van der Waals surface area contributed by atoms with Crippen molar-refractivity contribution in [1.29, 1.82) is 0 Å². The zero-order valence-electron chi connectivity index (χ0n) is 20.4. The van der Waals surface area contributed by atoms with Gasteiger partial charge in [-0.2, -0.15) is 13.2 Å². The number of carbonyl (C=O) groups excluding carboxylic acids is 1. The van der Waals surface area contributed by atoms with E-state index in [1.807, 2.05) is 0 Å². The van der Waals surface area contributed by atoms with Gasteiger partial charge in [-0.25, -0.2) is 19.7 Å². The number of rotatable bonds is 6. The van der Waals surface area contributed by atoms with E-state index < -0.39 is 30.5 Å². The SMILES string of the molecule is O=C(Nc1cnc(OCC(O)CO)cn1)N1c2nc(-c3cccc(C(F)(F)F)c3)c(Cl)cc2N2CCC[C@H]1C2. The predicted octanol–water partition coefficient (Wildman–Crippen LogP) is 3.96. The number of halogens is 4. The van der Waals surface area contributed by atoms with Crippen molar-refractivity contribution in [3.05, 3.63) is 53.3 Å². The first kappa shape index (κ1) is 26.9. The van der Waals surface area contributed by atoms with Crippen molar-refractivity contribution in [2.45, 2.75) is 31.2 Å². The fraction of sp³-hybridized carbons (Fsp3) is 0.360. The highest BCUT2D eigenvalue weighted by Gasteiger charge is 2.39. The van der Waals surface area contributed by atoms with E-state index in [1.54, 1.807) is 6.07 Å². The molecule has 1 fully saturated rings. The van der Waals surface area contributed by atoms with Crippen LogP contribution >= 0.6 is 11.6 Å². The number of pyridine rings is 1. The van der Waals surface area contributed by atoms with Crippen LogP contribution < -0.4 is 19.9 Å². The number of alkyl halides is 3. The number of aliphatic hydroxyl groups excluding tert-OH is 2. The molecule has 206 valence electrons. The molecule has 1 aromatic carbocycles. The number of nitrogens with zero attached hydrogens (tertiary/aromatic N) is 5. The molecular weight excluding hydrogens is 541 g/mol. The van der Waals surface area contributed by atoms with Gasteiger partial charge in [0.2, 0.25) is 5.88 Å². The Bertz CT molecular complexity index is 1360. The number of fused-ring (bicyclic) bond motifs is 4. The fourth-order valence-corrected chi connectivity index (χ4v) is 4.86. The summed E-state index contributed by atoms with van der Waals surface area (Å²) in [6.45, 7) is 0.638. The van der Waals surface area contributed by atoms with E-state index in [-0.39, 0.29) is 46.4 Å². The Labute approximate surface area is 226 Å². The van der Waals surface area contributed by atoms with Crippen LogP contribution in [0, 0.1) is 0 Å². The third-order valence-electron chi connectivity index (χ3n) is 6.45. The van der Waals surface area contributed by atoms with Crippen LogP contribution in [0.25, 0.3) is 11.3 Å². The van der Waals surface area contributed by atoms with Gasteiger partial charge in [-0.15, -0.1) is 0 Å². The number of hydrogen-bond acceptors (Lipinski definition) is 8. The Morgan fingerprint density at radius 2 is 2.08 bits per heavy atom. The lowest BCUT2D eigenvalue weighted by Crippen LogP contribution is -2.56. The van der Waals surface area contributed by atoms with Crippen molar-refractivity contribution in [1.82, 2.24) is 15.0 Å². The molecular formula is C25H24ClF3N6O4. The largest absolute Gasteiger partial charge is 0.474 e. The van der Waals surface area contributed by atoms with E-state index in [1.165, 1.54) is 29.4 Å². The van der Waals surface area contributed by atoms with Crippen LogP contribution in [-0.4, -0.2) is 69.6 Å². The molecule has 2 aromatic heterocycles. The number of hydrogen-bond donors (Lipinski definition) is 3. The summed E-state index contributed by atoms with van der Waals surface area (Å²) < 4.78 is 45.3. The Balaban J connectivity index is 1.45. The van der Waals surface area contributed by atoms with Crippen molar-refractivity contribution in [3.8, 4) is 17.1 Å². The number of piperidine rings is 1. The third kappa shape index (κ3) is 5.70. The summed E-state index contributed by atoms with van der Waals surface area (Å²) in [7, 11) is 0. The van der Waals surface area contributed by atoms with E-state index in [4.69, 9.17) is 21.4 Å². The van der Waals surface area contributed by atoms with Gasteiger partial charge in [-0.05, 0) is 31.0 Å². The summed E-state index contributed by atoms with van der Waals surface area (Å²) in [5.41, 5.74) is 0.0881. The van der Waals surface area contributed by atoms with Crippen LogP contribution in [0.1, 0.15) is 18.4 Å². The quantitative estimate of drug-likeness (QED) is 0.411. The van der Waals surface area contributed by atoms with E-state index in [2.05, 4.69) is 25.2 Å². The van der Waals surface area contributed by atoms with Crippen molar-refractivity contribution in [2.75, 3.05) is 41.4 Å². The van der Waals surface area contributed by atoms with Gasteiger partial charge < -0.3 is 19.8 Å². The highest BCUT2D eigenvalue weighted by Crippen LogP contribution is 2.43. The number of benzene rings is 1. The summed E-state index contributed by atoms with van der Waals surface area (Å²) >= 11 is 6.52. The predicted molar refractivity (Wildman–Crippen MR) is 137 cm³/mol. The van der Waals surface area contributed by atoms with Crippen LogP contribution in [-0.2, 0) is 6.18 Å². The van der Waals surface area contributed by atoms with Crippen molar-refractivity contribution in [3.63, 3.8) is 0 Å². The molecule has 4 heterocycles. The van der Waals surface area contributed by atoms with E-state index in [0.29, 0.717) is 18.7 Å². The second kappa shape index (κ2) is 10.8. The van der Waals surface area contributed by atoms with E-state index in [9.17, 15) is 23.1 Å². The van der Waals surface area contributed by atoms with Crippen LogP contribution in [0.4, 0.5) is 35.3 Å².